The molecule has 0 bridgehead atoms. The van der Waals surface area contributed by atoms with E-state index in [1.807, 2.05) is 31.2 Å². The van der Waals surface area contributed by atoms with Gasteiger partial charge in [-0.25, -0.2) is 4.79 Å². The lowest BCUT2D eigenvalue weighted by Gasteiger charge is -2.10. The molecular formula is C15H17NO3S. The van der Waals surface area contributed by atoms with Crippen molar-refractivity contribution in [3.05, 3.63) is 29.1 Å². The van der Waals surface area contributed by atoms with Gasteiger partial charge >= 0.3 is 5.97 Å². The minimum atomic E-state index is -0.284. The first-order valence-corrected chi connectivity index (χ1v) is 7.55. The number of hydrogen-bond donors (Lipinski definition) is 1. The molecule has 2 heterocycles. The lowest BCUT2D eigenvalue weighted by Crippen LogP contribution is -2.18. The average molecular weight is 291 g/mol. The highest BCUT2D eigenvalue weighted by Crippen LogP contribution is 2.28. The van der Waals surface area contributed by atoms with Crippen LogP contribution in [0.3, 0.4) is 0 Å². The maximum Gasteiger partial charge on any atom is 0.348 e. The smallest absolute Gasteiger partial charge is 0.348 e. The lowest BCUT2D eigenvalue weighted by atomic mass is 10.2. The van der Waals surface area contributed by atoms with Gasteiger partial charge in [-0.15, -0.1) is 11.3 Å². The van der Waals surface area contributed by atoms with Crippen molar-refractivity contribution in [1.82, 2.24) is 0 Å². The summed E-state index contributed by atoms with van der Waals surface area (Å²) < 4.78 is 12.0. The summed E-state index contributed by atoms with van der Waals surface area (Å²) in [5, 5.41) is 0.979. The summed E-state index contributed by atoms with van der Waals surface area (Å²) in [6.07, 6.45) is 2.30. The Morgan fingerprint density at radius 1 is 1.45 bits per heavy atom. The Kier molecular flexibility index (Phi) is 3.63. The zero-order chi connectivity index (χ0) is 14.1. The molecule has 2 unspecified atom stereocenters. The van der Waals surface area contributed by atoms with Crippen LogP contribution in [0.25, 0.3) is 10.1 Å². The minimum absolute atomic E-state index is 0.0407. The molecule has 20 heavy (non-hydrogen) atoms. The molecular weight excluding hydrogens is 274 g/mol. The molecule has 0 saturated carbocycles. The number of ether oxygens (including phenoxy) is 2. The Labute approximate surface area is 121 Å². The molecule has 1 aromatic heterocycles. The maximum atomic E-state index is 12.0. The van der Waals surface area contributed by atoms with Crippen molar-refractivity contribution < 1.29 is 14.3 Å². The van der Waals surface area contributed by atoms with Crippen LogP contribution < -0.4 is 5.73 Å². The SMILES string of the molecule is CC1CCC(COC(=O)c2cc3cc(N)ccc3s2)O1. The molecule has 0 radical (unpaired) electrons. The maximum absolute atomic E-state index is 12.0. The number of thiophene rings is 1. The summed E-state index contributed by atoms with van der Waals surface area (Å²) in [4.78, 5) is 12.6. The fourth-order valence-electron chi connectivity index (χ4n) is 2.41. The third-order valence-electron chi connectivity index (χ3n) is 3.46. The van der Waals surface area contributed by atoms with Gasteiger partial charge in [-0.3, -0.25) is 0 Å². The van der Waals surface area contributed by atoms with Gasteiger partial charge in [0.2, 0.25) is 0 Å². The van der Waals surface area contributed by atoms with Crippen molar-refractivity contribution in [3.63, 3.8) is 0 Å². The second-order valence-electron chi connectivity index (χ2n) is 5.15. The van der Waals surface area contributed by atoms with Gasteiger partial charge < -0.3 is 15.2 Å². The molecule has 1 saturated heterocycles. The zero-order valence-electron chi connectivity index (χ0n) is 11.3. The number of nitrogen functional groups attached to an aromatic ring is 1. The summed E-state index contributed by atoms with van der Waals surface area (Å²) in [5.74, 6) is -0.284. The number of carbonyl (C=O) groups excluding carboxylic acids is 1. The first-order valence-electron chi connectivity index (χ1n) is 6.73. The number of anilines is 1. The highest BCUT2D eigenvalue weighted by atomic mass is 32.1. The van der Waals surface area contributed by atoms with Gasteiger partial charge in [0.15, 0.2) is 0 Å². The molecule has 0 aliphatic carbocycles. The summed E-state index contributed by atoms with van der Waals surface area (Å²) in [5.41, 5.74) is 6.43. The second-order valence-corrected chi connectivity index (χ2v) is 6.24. The molecule has 3 rings (SSSR count). The van der Waals surface area contributed by atoms with Crippen LogP contribution in [0.15, 0.2) is 24.3 Å². The predicted octanol–water partition coefficient (Wildman–Crippen LogP) is 3.21. The summed E-state index contributed by atoms with van der Waals surface area (Å²) in [6, 6.07) is 7.46. The first kappa shape index (κ1) is 13.4. The normalized spacial score (nSPS) is 22.2. The molecule has 5 heteroatoms. The Bertz CT molecular complexity index is 637. The van der Waals surface area contributed by atoms with Crippen molar-refractivity contribution in [2.45, 2.75) is 32.0 Å². The molecule has 2 atom stereocenters. The quantitative estimate of drug-likeness (QED) is 0.697. The van der Waals surface area contributed by atoms with Crippen molar-refractivity contribution >= 4 is 33.1 Å². The van der Waals surface area contributed by atoms with Gasteiger partial charge in [-0.1, -0.05) is 0 Å². The Balaban J connectivity index is 1.66. The van der Waals surface area contributed by atoms with Crippen LogP contribution in [0.1, 0.15) is 29.4 Å². The van der Waals surface area contributed by atoms with Crippen LogP contribution >= 0.6 is 11.3 Å². The summed E-state index contributed by atoms with van der Waals surface area (Å²) in [7, 11) is 0. The topological polar surface area (TPSA) is 61.5 Å². The number of hydrogen-bond acceptors (Lipinski definition) is 5. The Morgan fingerprint density at radius 3 is 3.05 bits per heavy atom. The van der Waals surface area contributed by atoms with Crippen LogP contribution in [-0.4, -0.2) is 24.8 Å². The van der Waals surface area contributed by atoms with E-state index in [1.165, 1.54) is 11.3 Å². The monoisotopic (exact) mass is 291 g/mol. The number of benzene rings is 1. The van der Waals surface area contributed by atoms with Crippen LogP contribution in [0.4, 0.5) is 5.69 Å². The van der Waals surface area contributed by atoms with Crippen LogP contribution in [0.5, 0.6) is 0 Å². The van der Waals surface area contributed by atoms with Crippen molar-refractivity contribution in [2.75, 3.05) is 12.3 Å². The molecule has 106 valence electrons. The van der Waals surface area contributed by atoms with Crippen LogP contribution in [0, 0.1) is 0 Å². The molecule has 2 N–H and O–H groups in total. The van der Waals surface area contributed by atoms with E-state index in [4.69, 9.17) is 15.2 Å². The van der Waals surface area contributed by atoms with Crippen LogP contribution in [0.2, 0.25) is 0 Å². The molecule has 1 aliphatic rings. The predicted molar refractivity (Wildman–Crippen MR) is 80.1 cm³/mol. The Morgan fingerprint density at radius 2 is 2.30 bits per heavy atom. The molecule has 1 aromatic carbocycles. The van der Waals surface area contributed by atoms with E-state index in [1.54, 1.807) is 0 Å². The van der Waals surface area contributed by atoms with E-state index in [2.05, 4.69) is 0 Å². The molecule has 0 amide bonds. The van der Waals surface area contributed by atoms with Gasteiger partial charge in [-0.2, -0.15) is 0 Å². The average Bonchev–Trinajstić information content (AvgIpc) is 3.01. The largest absolute Gasteiger partial charge is 0.459 e. The minimum Gasteiger partial charge on any atom is -0.459 e. The summed E-state index contributed by atoms with van der Waals surface area (Å²) in [6.45, 7) is 2.37. The highest BCUT2D eigenvalue weighted by molar-refractivity contribution is 7.20. The number of carbonyl (C=O) groups is 1. The van der Waals surface area contributed by atoms with E-state index in [-0.39, 0.29) is 18.2 Å². The molecule has 1 fully saturated rings. The summed E-state index contributed by atoms with van der Waals surface area (Å²) >= 11 is 1.43. The third kappa shape index (κ3) is 2.78. The van der Waals surface area contributed by atoms with Gasteiger partial charge in [0, 0.05) is 10.4 Å². The van der Waals surface area contributed by atoms with E-state index in [9.17, 15) is 4.79 Å². The van der Waals surface area contributed by atoms with E-state index >= 15 is 0 Å². The highest BCUT2D eigenvalue weighted by Gasteiger charge is 2.23. The van der Waals surface area contributed by atoms with Gasteiger partial charge in [0.1, 0.15) is 11.5 Å². The molecule has 1 aliphatic heterocycles. The zero-order valence-corrected chi connectivity index (χ0v) is 12.1. The van der Waals surface area contributed by atoms with Gasteiger partial charge in [0.05, 0.1) is 12.2 Å². The van der Waals surface area contributed by atoms with Gasteiger partial charge in [-0.05, 0) is 49.4 Å². The van der Waals surface area contributed by atoms with Gasteiger partial charge in [0.25, 0.3) is 0 Å². The van der Waals surface area contributed by atoms with E-state index in [0.717, 1.165) is 22.9 Å². The third-order valence-corrected chi connectivity index (χ3v) is 4.56. The van der Waals surface area contributed by atoms with Crippen molar-refractivity contribution in [3.8, 4) is 0 Å². The van der Waals surface area contributed by atoms with Crippen LogP contribution in [-0.2, 0) is 9.47 Å². The number of rotatable bonds is 3. The number of fused-ring (bicyclic) bond motifs is 1. The fourth-order valence-corrected chi connectivity index (χ4v) is 3.35. The first-order chi connectivity index (χ1) is 9.61. The Hall–Kier alpha value is -1.59. The van der Waals surface area contributed by atoms with E-state index < -0.39 is 0 Å². The van der Waals surface area contributed by atoms with E-state index in [0.29, 0.717) is 17.2 Å². The standard InChI is InChI=1S/C15H17NO3S/c1-9-2-4-12(19-9)8-18-15(17)14-7-10-6-11(16)3-5-13(10)20-14/h3,5-7,9,12H,2,4,8,16H2,1H3. The fraction of sp³-hybridized carbons (Fsp3) is 0.400. The second kappa shape index (κ2) is 5.42. The molecule has 0 spiro atoms. The van der Waals surface area contributed by atoms with Crippen molar-refractivity contribution in [2.24, 2.45) is 0 Å². The number of esters is 1. The van der Waals surface area contributed by atoms with Crippen molar-refractivity contribution in [1.29, 1.82) is 0 Å². The molecule has 4 nitrogen and oxygen atoms in total. The molecule has 2 aromatic rings. The lowest BCUT2D eigenvalue weighted by molar-refractivity contribution is -0.00236. The number of nitrogens with two attached hydrogens (primary N) is 1.